The summed E-state index contributed by atoms with van der Waals surface area (Å²) in [6.45, 7) is 17.9. The predicted molar refractivity (Wildman–Crippen MR) is 185 cm³/mol. The van der Waals surface area contributed by atoms with Crippen molar-refractivity contribution in [1.29, 1.82) is 0 Å². The molecule has 1 aromatic carbocycles. The van der Waals surface area contributed by atoms with Crippen LogP contribution >= 0.6 is 0 Å². The van der Waals surface area contributed by atoms with E-state index in [9.17, 15) is 15.0 Å². The van der Waals surface area contributed by atoms with Crippen LogP contribution in [0.2, 0.25) is 0 Å². The minimum absolute atomic E-state index is 0.0138. The van der Waals surface area contributed by atoms with Gasteiger partial charge in [0.2, 0.25) is 0 Å². The molecular formula is C41H60O7. The van der Waals surface area contributed by atoms with Gasteiger partial charge in [0.05, 0.1) is 44.5 Å². The van der Waals surface area contributed by atoms with Gasteiger partial charge in [0.25, 0.3) is 0 Å². The maximum Gasteiger partial charge on any atom is 0.313 e. The lowest BCUT2D eigenvalue weighted by molar-refractivity contribution is -0.234. The smallest absolute Gasteiger partial charge is 0.313 e. The van der Waals surface area contributed by atoms with E-state index in [-0.39, 0.29) is 38.9 Å². The standard InChI is InChI=1S/C41H60O7/c1-36(2)14-16-41(35(43)44)17-15-39(6)27(28(41)23-36)10-11-32-38(5)22-26(33(42)37(3,4)31(38)12-13-40(32,39)7)24-20-25(34-47-18-19-48-34)30(46-9)21-29(24)45-8/h20-21,23,26-27,31-34,42H,10-19,22H2,1-9H3,(H,43,44)/t26?,27-,31?,32-,33+,38+,39-,40-,41+/m1/s1. The number of aliphatic hydroxyl groups excluding tert-OH is 1. The number of hydrogen-bond acceptors (Lipinski definition) is 6. The molecule has 1 aliphatic heterocycles. The number of allylic oxidation sites excluding steroid dienone is 1. The summed E-state index contributed by atoms with van der Waals surface area (Å²) >= 11 is 0. The number of carboxylic acid groups (broad SMARTS) is 1. The predicted octanol–water partition coefficient (Wildman–Crippen LogP) is 8.69. The molecule has 0 amide bonds. The number of benzene rings is 1. The van der Waals surface area contributed by atoms with Crippen LogP contribution in [0, 0.1) is 50.2 Å². The summed E-state index contributed by atoms with van der Waals surface area (Å²) in [5.41, 5.74) is 2.13. The maximum atomic E-state index is 13.1. The van der Waals surface area contributed by atoms with Crippen LogP contribution in [0.15, 0.2) is 23.8 Å². The normalized spacial score (nSPS) is 43.2. The second-order valence-corrected chi connectivity index (χ2v) is 18.6. The minimum atomic E-state index is -0.707. The number of aliphatic carboxylic acids is 1. The number of fused-ring (bicyclic) bond motifs is 7. The first-order valence-electron chi connectivity index (χ1n) is 18.6. The van der Waals surface area contributed by atoms with Gasteiger partial charge in [0, 0.05) is 17.5 Å². The lowest BCUT2D eigenvalue weighted by atomic mass is 9.32. The van der Waals surface area contributed by atoms with Gasteiger partial charge in [-0.3, -0.25) is 4.79 Å². The van der Waals surface area contributed by atoms with Crippen LogP contribution in [-0.2, 0) is 14.3 Å². The Labute approximate surface area is 288 Å². The van der Waals surface area contributed by atoms with E-state index in [1.165, 1.54) is 5.57 Å². The van der Waals surface area contributed by atoms with Gasteiger partial charge >= 0.3 is 5.97 Å². The third-order valence-electron chi connectivity index (χ3n) is 15.8. The van der Waals surface area contributed by atoms with Crippen molar-refractivity contribution >= 4 is 5.97 Å². The molecule has 7 nitrogen and oxygen atoms in total. The summed E-state index contributed by atoms with van der Waals surface area (Å²) in [6.07, 6.45) is 9.93. The highest BCUT2D eigenvalue weighted by Gasteiger charge is 2.70. The zero-order valence-corrected chi connectivity index (χ0v) is 30.9. The Balaban J connectivity index is 1.31. The highest BCUT2D eigenvalue weighted by atomic mass is 16.7. The van der Waals surface area contributed by atoms with Crippen molar-refractivity contribution in [3.8, 4) is 11.5 Å². The summed E-state index contributed by atoms with van der Waals surface area (Å²) in [7, 11) is 3.36. The molecule has 0 bridgehead atoms. The third-order valence-corrected chi connectivity index (χ3v) is 15.8. The Morgan fingerprint density at radius 1 is 0.792 bits per heavy atom. The molecule has 2 unspecified atom stereocenters. The highest BCUT2D eigenvalue weighted by molar-refractivity contribution is 5.80. The van der Waals surface area contributed by atoms with E-state index in [0.717, 1.165) is 74.7 Å². The van der Waals surface area contributed by atoms with Gasteiger partial charge in [-0.1, -0.05) is 60.1 Å². The molecule has 5 aliphatic carbocycles. The molecule has 1 saturated heterocycles. The van der Waals surface area contributed by atoms with Crippen molar-refractivity contribution in [2.75, 3.05) is 27.4 Å². The summed E-state index contributed by atoms with van der Waals surface area (Å²) in [6, 6.07) is 4.06. The summed E-state index contributed by atoms with van der Waals surface area (Å²) in [5.74, 6) is 1.77. The topological polar surface area (TPSA) is 94.5 Å². The third kappa shape index (κ3) is 4.58. The Morgan fingerprint density at radius 2 is 1.44 bits per heavy atom. The van der Waals surface area contributed by atoms with Crippen molar-refractivity contribution in [2.45, 2.75) is 125 Å². The molecule has 4 saturated carbocycles. The van der Waals surface area contributed by atoms with E-state index in [1.807, 2.05) is 6.07 Å². The number of methoxy groups -OCH3 is 2. The van der Waals surface area contributed by atoms with Crippen molar-refractivity contribution in [1.82, 2.24) is 0 Å². The molecule has 1 heterocycles. The van der Waals surface area contributed by atoms with Crippen molar-refractivity contribution in [3.05, 3.63) is 34.9 Å². The molecule has 6 aliphatic rings. The van der Waals surface area contributed by atoms with E-state index < -0.39 is 23.8 Å². The van der Waals surface area contributed by atoms with Gasteiger partial charge in [0.15, 0.2) is 6.29 Å². The molecule has 2 N–H and O–H groups in total. The summed E-state index contributed by atoms with van der Waals surface area (Å²) in [4.78, 5) is 13.1. The van der Waals surface area contributed by atoms with E-state index >= 15 is 0 Å². The van der Waals surface area contributed by atoms with Gasteiger partial charge in [-0.15, -0.1) is 0 Å². The van der Waals surface area contributed by atoms with Gasteiger partial charge < -0.3 is 29.2 Å². The number of hydrogen-bond donors (Lipinski definition) is 2. The zero-order valence-electron chi connectivity index (χ0n) is 30.9. The van der Waals surface area contributed by atoms with Crippen LogP contribution in [0.25, 0.3) is 0 Å². The van der Waals surface area contributed by atoms with Crippen LogP contribution < -0.4 is 9.47 Å². The maximum absolute atomic E-state index is 13.1. The average molecular weight is 665 g/mol. The average Bonchev–Trinajstić information content (AvgIpc) is 3.57. The Hall–Kier alpha value is -2.09. The molecule has 9 atom stereocenters. The van der Waals surface area contributed by atoms with Crippen LogP contribution in [0.3, 0.4) is 0 Å². The Bertz CT molecular complexity index is 1490. The molecule has 7 heteroatoms. The second kappa shape index (κ2) is 11.2. The van der Waals surface area contributed by atoms with Crippen LogP contribution in [0.5, 0.6) is 11.5 Å². The highest BCUT2D eigenvalue weighted by Crippen LogP contribution is 2.77. The first-order chi connectivity index (χ1) is 22.5. The Kier molecular flexibility index (Phi) is 8.02. The molecule has 5 fully saturated rings. The van der Waals surface area contributed by atoms with E-state index in [4.69, 9.17) is 18.9 Å². The quantitative estimate of drug-likeness (QED) is 0.304. The molecular weight excluding hydrogens is 604 g/mol. The lowest BCUT2D eigenvalue weighted by Crippen LogP contribution is -2.67. The number of ether oxygens (including phenoxy) is 4. The fourth-order valence-electron chi connectivity index (χ4n) is 13.1. The fourth-order valence-corrected chi connectivity index (χ4v) is 13.1. The molecule has 1 aromatic rings. The minimum Gasteiger partial charge on any atom is -0.496 e. The number of carbonyl (C=O) groups is 1. The summed E-state index contributed by atoms with van der Waals surface area (Å²) < 4.78 is 23.7. The number of aliphatic hydroxyl groups is 1. The number of carboxylic acids is 1. The number of rotatable bonds is 5. The molecule has 48 heavy (non-hydrogen) atoms. The summed E-state index contributed by atoms with van der Waals surface area (Å²) in [5, 5.41) is 23.1. The zero-order chi connectivity index (χ0) is 34.7. The van der Waals surface area contributed by atoms with Gasteiger partial charge in [-0.25, -0.2) is 0 Å². The fraction of sp³-hybridized carbons (Fsp3) is 0.780. The molecule has 0 aromatic heterocycles. The molecule has 0 spiro atoms. The second-order valence-electron chi connectivity index (χ2n) is 18.6. The van der Waals surface area contributed by atoms with E-state index in [2.05, 4.69) is 60.6 Å². The first-order valence-corrected chi connectivity index (χ1v) is 18.6. The monoisotopic (exact) mass is 664 g/mol. The van der Waals surface area contributed by atoms with Crippen LogP contribution in [-0.4, -0.2) is 49.7 Å². The van der Waals surface area contributed by atoms with E-state index in [1.54, 1.807) is 14.2 Å². The lowest BCUT2D eigenvalue weighted by Gasteiger charge is -2.73. The first kappa shape index (κ1) is 34.4. The van der Waals surface area contributed by atoms with E-state index in [0.29, 0.717) is 30.8 Å². The van der Waals surface area contributed by atoms with Crippen LogP contribution in [0.1, 0.15) is 130 Å². The van der Waals surface area contributed by atoms with Gasteiger partial charge in [-0.2, -0.15) is 0 Å². The van der Waals surface area contributed by atoms with Gasteiger partial charge in [-0.05, 0) is 109 Å². The SMILES string of the molecule is COc1cc(OC)c(C2C[C@@]3(C)C(CC[C@]4(C)[C@@H]3CC[C@@H]3C5=CC(C)(C)CC[C@]5(C(=O)O)CC[C@]34C)C(C)(C)[C@H]2O)cc1C1OCCO1. The van der Waals surface area contributed by atoms with Crippen molar-refractivity contribution in [3.63, 3.8) is 0 Å². The Morgan fingerprint density at radius 3 is 2.08 bits per heavy atom. The van der Waals surface area contributed by atoms with Gasteiger partial charge in [0.1, 0.15) is 11.5 Å². The molecule has 0 radical (unpaired) electrons. The van der Waals surface area contributed by atoms with Crippen molar-refractivity contribution < 1.29 is 34.0 Å². The van der Waals surface area contributed by atoms with Crippen molar-refractivity contribution in [2.24, 2.45) is 50.2 Å². The molecule has 7 rings (SSSR count). The largest absolute Gasteiger partial charge is 0.496 e. The van der Waals surface area contributed by atoms with Crippen LogP contribution in [0.4, 0.5) is 0 Å². The molecule has 266 valence electrons.